The van der Waals surface area contributed by atoms with E-state index in [4.69, 9.17) is 12.2 Å². The minimum Gasteiger partial charge on any atom is -0.478 e. The zero-order valence-electron chi connectivity index (χ0n) is 18.4. The normalized spacial score (nSPS) is 11.2. The van der Waals surface area contributed by atoms with Crippen molar-refractivity contribution in [2.45, 2.75) is 19.0 Å². The molecule has 0 aliphatic carbocycles. The lowest BCUT2D eigenvalue weighted by molar-refractivity contribution is 0.0699. The molecule has 0 unspecified atom stereocenters. The highest BCUT2D eigenvalue weighted by atomic mass is 32.2. The van der Waals surface area contributed by atoms with Crippen LogP contribution in [0.25, 0.3) is 44.7 Å². The minimum atomic E-state index is -0.978. The molecule has 0 fully saturated rings. The molecule has 0 saturated carbocycles. The van der Waals surface area contributed by atoms with E-state index in [2.05, 4.69) is 25.4 Å². The molecule has 2 heterocycles. The third kappa shape index (κ3) is 4.06. The molecule has 0 bridgehead atoms. The highest BCUT2D eigenvalue weighted by Gasteiger charge is 2.19. The van der Waals surface area contributed by atoms with Crippen molar-refractivity contribution < 1.29 is 9.90 Å². The third-order valence-electron chi connectivity index (χ3n) is 5.64. The first-order chi connectivity index (χ1) is 16.5. The quantitative estimate of drug-likeness (QED) is 0.167. The maximum absolute atomic E-state index is 12.0. The molecular formula is C25H20N4O2S3. The minimum absolute atomic E-state index is 0.222. The van der Waals surface area contributed by atoms with Gasteiger partial charge in [0.1, 0.15) is 5.82 Å². The zero-order valence-corrected chi connectivity index (χ0v) is 20.8. The number of thioether (sulfide) groups is 1. The van der Waals surface area contributed by atoms with Crippen LogP contribution in [0.4, 0.5) is 0 Å². The molecule has 2 aromatic heterocycles. The number of aryl methyl sites for hydroxylation is 1. The Morgan fingerprint density at radius 3 is 2.35 bits per heavy atom. The number of benzene rings is 3. The van der Waals surface area contributed by atoms with Gasteiger partial charge < -0.3 is 10.1 Å². The molecule has 9 heteroatoms. The number of fused-ring (bicyclic) bond motifs is 1. The lowest BCUT2D eigenvalue weighted by Gasteiger charge is -2.11. The average Bonchev–Trinajstić information content (AvgIpc) is 3.46. The van der Waals surface area contributed by atoms with Gasteiger partial charge in [-0.3, -0.25) is 4.37 Å². The molecule has 0 atom stereocenters. The number of aromatic amines is 2. The fourth-order valence-electron chi connectivity index (χ4n) is 4.06. The van der Waals surface area contributed by atoms with Crippen molar-refractivity contribution in [2.24, 2.45) is 0 Å². The van der Waals surface area contributed by atoms with Crippen molar-refractivity contribution in [2.75, 3.05) is 5.75 Å². The second-order valence-corrected chi connectivity index (χ2v) is 10.3. The van der Waals surface area contributed by atoms with Gasteiger partial charge in [-0.1, -0.05) is 67.2 Å². The molecule has 6 nitrogen and oxygen atoms in total. The lowest BCUT2D eigenvalue weighted by Crippen LogP contribution is -2.00. The number of nitrogens with zero attached hydrogens (tertiary/aromatic N) is 2. The summed E-state index contributed by atoms with van der Waals surface area (Å²) in [6.45, 7) is 4.02. The van der Waals surface area contributed by atoms with Gasteiger partial charge >= 0.3 is 5.97 Å². The van der Waals surface area contributed by atoms with E-state index in [-0.39, 0.29) is 5.56 Å². The SMILES string of the molecule is CCSc1nc2c(C)c(-c3ccc(-c4ccccc4-c4nc(=S)s[nH]4)cc3)cc(C(=O)O)c2[nH]1. The first kappa shape index (κ1) is 22.5. The van der Waals surface area contributed by atoms with E-state index in [1.165, 1.54) is 11.5 Å². The van der Waals surface area contributed by atoms with Crippen LogP contribution in [0, 0.1) is 10.9 Å². The molecule has 3 N–H and O–H groups in total. The Morgan fingerprint density at radius 1 is 1.06 bits per heavy atom. The van der Waals surface area contributed by atoms with Crippen molar-refractivity contribution in [1.29, 1.82) is 0 Å². The Labute approximate surface area is 209 Å². The summed E-state index contributed by atoms with van der Waals surface area (Å²) in [5.41, 5.74) is 7.27. The summed E-state index contributed by atoms with van der Waals surface area (Å²) in [5, 5.41) is 10.6. The van der Waals surface area contributed by atoms with Gasteiger partial charge in [-0.25, -0.2) is 14.8 Å². The first-order valence-corrected chi connectivity index (χ1v) is 12.8. The molecule has 0 saturated heterocycles. The standard InChI is InChI=1S/C25H20N4O2S3/c1-3-33-24-26-20-13(2)18(12-19(23(30)31)21(20)27-24)15-10-8-14(9-11-15)16-6-4-5-7-17(16)22-28-25(32)34-29-22/h4-12H,3H2,1-2H3,(H,26,27)(H,30,31)(H,28,29,32). The van der Waals surface area contributed by atoms with E-state index in [9.17, 15) is 9.90 Å². The summed E-state index contributed by atoms with van der Waals surface area (Å²) < 4.78 is 3.75. The Morgan fingerprint density at radius 2 is 1.74 bits per heavy atom. The fraction of sp³-hybridized carbons (Fsp3) is 0.120. The maximum atomic E-state index is 12.0. The number of carbonyl (C=O) groups is 1. The Hall–Kier alpha value is -3.27. The van der Waals surface area contributed by atoms with Gasteiger partial charge in [-0.05, 0) is 70.3 Å². The van der Waals surface area contributed by atoms with Crippen LogP contribution in [0.2, 0.25) is 0 Å². The summed E-state index contributed by atoms with van der Waals surface area (Å²) in [6, 6.07) is 17.9. The fourth-order valence-corrected chi connectivity index (χ4v) is 5.35. The van der Waals surface area contributed by atoms with E-state index in [1.807, 2.05) is 56.3 Å². The van der Waals surface area contributed by atoms with Crippen LogP contribution in [-0.4, -0.2) is 36.2 Å². The van der Waals surface area contributed by atoms with Crippen molar-refractivity contribution in [1.82, 2.24) is 19.3 Å². The van der Waals surface area contributed by atoms with E-state index in [0.29, 0.717) is 15.0 Å². The zero-order chi connectivity index (χ0) is 23.8. The number of hydrogen-bond acceptors (Lipinski definition) is 6. The molecule has 34 heavy (non-hydrogen) atoms. The Kier molecular flexibility index (Phi) is 6.07. The number of carboxylic acids is 1. The number of hydrogen-bond donors (Lipinski definition) is 3. The van der Waals surface area contributed by atoms with Crippen LogP contribution >= 0.6 is 35.5 Å². The van der Waals surface area contributed by atoms with Gasteiger partial charge in [0.2, 0.25) is 0 Å². The van der Waals surface area contributed by atoms with Crippen LogP contribution in [0.3, 0.4) is 0 Å². The number of H-pyrrole nitrogens is 2. The molecule has 0 aliphatic heterocycles. The predicted octanol–water partition coefficient (Wildman–Crippen LogP) is 7.20. The topological polar surface area (TPSA) is 94.7 Å². The van der Waals surface area contributed by atoms with Gasteiger partial charge in [0.15, 0.2) is 9.11 Å². The van der Waals surface area contributed by atoms with Crippen LogP contribution in [0.15, 0.2) is 59.8 Å². The molecule has 0 aliphatic rings. The predicted molar refractivity (Wildman–Crippen MR) is 141 cm³/mol. The van der Waals surface area contributed by atoms with Gasteiger partial charge in [-0.2, -0.15) is 0 Å². The lowest BCUT2D eigenvalue weighted by atomic mass is 9.93. The van der Waals surface area contributed by atoms with Crippen molar-refractivity contribution in [3.8, 4) is 33.6 Å². The third-order valence-corrected chi connectivity index (χ3v) is 7.30. The molecule has 0 amide bonds. The van der Waals surface area contributed by atoms with E-state index >= 15 is 0 Å². The number of aromatic nitrogens is 4. The smallest absolute Gasteiger partial charge is 0.337 e. The van der Waals surface area contributed by atoms with Crippen LogP contribution in [0.1, 0.15) is 22.8 Å². The number of rotatable bonds is 6. The highest BCUT2D eigenvalue weighted by Crippen LogP contribution is 2.36. The number of aromatic carboxylic acids is 1. The second kappa shape index (κ2) is 9.17. The largest absolute Gasteiger partial charge is 0.478 e. The molecule has 0 radical (unpaired) electrons. The van der Waals surface area contributed by atoms with E-state index in [0.717, 1.165) is 50.1 Å². The Balaban J connectivity index is 1.60. The number of nitrogens with one attached hydrogen (secondary N) is 2. The van der Waals surface area contributed by atoms with Crippen LogP contribution < -0.4 is 0 Å². The average molecular weight is 505 g/mol. The number of carboxylic acid groups (broad SMARTS) is 1. The Bertz CT molecular complexity index is 1580. The second-order valence-electron chi connectivity index (χ2n) is 7.65. The first-order valence-electron chi connectivity index (χ1n) is 10.6. The summed E-state index contributed by atoms with van der Waals surface area (Å²) >= 11 is 8.07. The van der Waals surface area contributed by atoms with Gasteiger partial charge in [0, 0.05) is 5.56 Å². The van der Waals surface area contributed by atoms with Gasteiger partial charge in [-0.15, -0.1) is 0 Å². The molecule has 3 aromatic carbocycles. The highest BCUT2D eigenvalue weighted by molar-refractivity contribution is 7.99. The van der Waals surface area contributed by atoms with Crippen molar-refractivity contribution >= 4 is 52.5 Å². The maximum Gasteiger partial charge on any atom is 0.337 e. The summed E-state index contributed by atoms with van der Waals surface area (Å²) in [5.74, 6) is 0.624. The molecular weight excluding hydrogens is 485 g/mol. The monoisotopic (exact) mass is 504 g/mol. The summed E-state index contributed by atoms with van der Waals surface area (Å²) in [4.78, 5) is 24.3. The number of imidazole rings is 1. The van der Waals surface area contributed by atoms with Crippen molar-refractivity contribution in [3.63, 3.8) is 0 Å². The van der Waals surface area contributed by atoms with Crippen molar-refractivity contribution in [3.05, 3.63) is 69.7 Å². The van der Waals surface area contributed by atoms with Crippen LogP contribution in [0.5, 0.6) is 0 Å². The van der Waals surface area contributed by atoms with E-state index in [1.54, 1.807) is 17.8 Å². The van der Waals surface area contributed by atoms with Gasteiger partial charge in [0.05, 0.1) is 16.6 Å². The molecule has 5 rings (SSSR count). The molecule has 170 valence electrons. The summed E-state index contributed by atoms with van der Waals surface area (Å²) in [6.07, 6.45) is 0. The van der Waals surface area contributed by atoms with Gasteiger partial charge in [0.25, 0.3) is 0 Å². The molecule has 0 spiro atoms. The van der Waals surface area contributed by atoms with Crippen LogP contribution in [-0.2, 0) is 0 Å². The molecule has 5 aromatic rings. The van der Waals surface area contributed by atoms with E-state index < -0.39 is 5.97 Å². The summed E-state index contributed by atoms with van der Waals surface area (Å²) in [7, 11) is 0.